The van der Waals surface area contributed by atoms with Crippen molar-refractivity contribution in [3.05, 3.63) is 0 Å². The molecule has 3 nitrogen and oxygen atoms in total. The van der Waals surface area contributed by atoms with Crippen molar-refractivity contribution in [1.29, 1.82) is 0 Å². The van der Waals surface area contributed by atoms with Crippen molar-refractivity contribution in [3.8, 4) is 0 Å². The van der Waals surface area contributed by atoms with Gasteiger partial charge >= 0.3 is 0 Å². The molecule has 61 valence electrons. The molecule has 0 aliphatic heterocycles. The first-order chi connectivity index (χ1) is 4.39. The molecule has 0 amide bonds. The van der Waals surface area contributed by atoms with Crippen LogP contribution in [0.1, 0.15) is 27.2 Å². The predicted octanol–water partition coefficient (Wildman–Crippen LogP) is 1.03. The largest absolute Gasteiger partial charge is 0.228 e. The first-order valence-corrected chi connectivity index (χ1v) is 4.92. The predicted molar refractivity (Wildman–Crippen MR) is 40.9 cm³/mol. The number of sulfonamides is 1. The van der Waals surface area contributed by atoms with Gasteiger partial charge in [-0.25, -0.2) is 8.42 Å². The van der Waals surface area contributed by atoms with Crippen LogP contribution in [0.15, 0.2) is 0 Å². The second kappa shape index (κ2) is 3.34. The van der Waals surface area contributed by atoms with Gasteiger partial charge in [0.05, 0.1) is 5.25 Å². The highest BCUT2D eigenvalue weighted by atomic mass is 32.2. The second-order valence-electron chi connectivity index (χ2n) is 2.64. The Morgan fingerprint density at radius 2 is 1.80 bits per heavy atom. The van der Waals surface area contributed by atoms with Gasteiger partial charge in [-0.3, -0.25) is 0 Å². The third-order valence-electron chi connectivity index (χ3n) is 1.93. The highest BCUT2D eigenvalue weighted by molar-refractivity contribution is 7.89. The van der Waals surface area contributed by atoms with Crippen molar-refractivity contribution < 1.29 is 8.42 Å². The van der Waals surface area contributed by atoms with Crippen LogP contribution in [0.25, 0.3) is 0 Å². The van der Waals surface area contributed by atoms with Crippen LogP contribution >= 0.6 is 0 Å². The topological polar surface area (TPSA) is 57.9 Å². The molecule has 2 unspecified atom stereocenters. The van der Waals surface area contributed by atoms with Crippen molar-refractivity contribution in [3.63, 3.8) is 0 Å². The van der Waals surface area contributed by atoms with Crippen molar-refractivity contribution in [2.24, 2.45) is 5.92 Å². The molecule has 1 radical (unpaired) electrons. The molecule has 0 heterocycles. The molecule has 0 aromatic heterocycles. The van der Waals surface area contributed by atoms with E-state index in [0.29, 0.717) is 0 Å². The molecule has 0 bridgehead atoms. The van der Waals surface area contributed by atoms with E-state index in [1.807, 2.05) is 13.8 Å². The Morgan fingerprint density at radius 3 is 1.90 bits per heavy atom. The van der Waals surface area contributed by atoms with Crippen molar-refractivity contribution in [1.82, 2.24) is 5.14 Å². The van der Waals surface area contributed by atoms with Gasteiger partial charge in [0, 0.05) is 0 Å². The van der Waals surface area contributed by atoms with Gasteiger partial charge in [0.25, 0.3) is 0 Å². The highest BCUT2D eigenvalue weighted by Crippen LogP contribution is 2.13. The van der Waals surface area contributed by atoms with E-state index in [9.17, 15) is 8.42 Å². The number of hydrogen-bond donors (Lipinski definition) is 0. The molecular weight excluding hydrogens is 150 g/mol. The van der Waals surface area contributed by atoms with E-state index in [1.165, 1.54) is 0 Å². The average molecular weight is 164 g/mol. The maximum absolute atomic E-state index is 10.6. The molecule has 0 spiro atoms. The average Bonchev–Trinajstić information content (AvgIpc) is 1.83. The van der Waals surface area contributed by atoms with Crippen LogP contribution in [0.4, 0.5) is 0 Å². The lowest BCUT2D eigenvalue weighted by molar-refractivity contribution is 0.509. The van der Waals surface area contributed by atoms with Gasteiger partial charge in [-0.15, -0.1) is 5.14 Å². The van der Waals surface area contributed by atoms with E-state index < -0.39 is 15.3 Å². The summed E-state index contributed by atoms with van der Waals surface area (Å²) in [7, 11) is -3.56. The van der Waals surface area contributed by atoms with Crippen molar-refractivity contribution in [2.75, 3.05) is 0 Å². The van der Waals surface area contributed by atoms with Crippen molar-refractivity contribution >= 4 is 10.0 Å². The van der Waals surface area contributed by atoms with E-state index in [4.69, 9.17) is 5.14 Å². The third kappa shape index (κ3) is 2.66. The van der Waals surface area contributed by atoms with Gasteiger partial charge in [-0.05, 0) is 12.8 Å². The highest BCUT2D eigenvalue weighted by Gasteiger charge is 2.21. The van der Waals surface area contributed by atoms with Crippen LogP contribution < -0.4 is 5.14 Å². The molecule has 0 aliphatic carbocycles. The molecule has 10 heavy (non-hydrogen) atoms. The van der Waals surface area contributed by atoms with E-state index in [0.717, 1.165) is 6.42 Å². The minimum atomic E-state index is -3.56. The fourth-order valence-corrected chi connectivity index (χ4v) is 1.44. The van der Waals surface area contributed by atoms with Gasteiger partial charge in [0.1, 0.15) is 0 Å². The van der Waals surface area contributed by atoms with Crippen LogP contribution in [0, 0.1) is 5.92 Å². The summed E-state index contributed by atoms with van der Waals surface area (Å²) >= 11 is 0. The molecule has 4 heteroatoms. The van der Waals surface area contributed by atoms with Gasteiger partial charge in [-0.1, -0.05) is 20.3 Å². The number of rotatable bonds is 3. The summed E-state index contributed by atoms with van der Waals surface area (Å²) in [5.74, 6) is 0.0856. The summed E-state index contributed by atoms with van der Waals surface area (Å²) < 4.78 is 21.2. The quantitative estimate of drug-likeness (QED) is 0.625. The zero-order chi connectivity index (χ0) is 8.36. The summed E-state index contributed by atoms with van der Waals surface area (Å²) in [5.41, 5.74) is 0. The Bertz CT molecular complexity index is 186. The second-order valence-corrected chi connectivity index (χ2v) is 4.47. The molecular formula is C6H14NO2S. The van der Waals surface area contributed by atoms with Crippen LogP contribution in [0.2, 0.25) is 0 Å². The zero-order valence-electron chi connectivity index (χ0n) is 6.59. The van der Waals surface area contributed by atoms with Gasteiger partial charge in [-0.2, -0.15) is 0 Å². The Kier molecular flexibility index (Phi) is 3.31. The summed E-state index contributed by atoms with van der Waals surface area (Å²) in [6, 6.07) is 0. The summed E-state index contributed by atoms with van der Waals surface area (Å²) in [6.45, 7) is 5.35. The van der Waals surface area contributed by atoms with Gasteiger partial charge < -0.3 is 0 Å². The summed E-state index contributed by atoms with van der Waals surface area (Å²) in [6.07, 6.45) is 0.805. The Labute approximate surface area is 62.7 Å². The minimum absolute atomic E-state index is 0.0856. The molecule has 0 saturated heterocycles. The third-order valence-corrected chi connectivity index (χ3v) is 3.38. The molecule has 0 aromatic rings. The monoisotopic (exact) mass is 164 g/mol. The maximum atomic E-state index is 10.6. The van der Waals surface area contributed by atoms with E-state index >= 15 is 0 Å². The van der Waals surface area contributed by atoms with Crippen LogP contribution in [-0.4, -0.2) is 13.7 Å². The van der Waals surface area contributed by atoms with Crippen molar-refractivity contribution in [2.45, 2.75) is 32.4 Å². The minimum Gasteiger partial charge on any atom is -0.211 e. The van der Waals surface area contributed by atoms with Crippen LogP contribution in [0.3, 0.4) is 0 Å². The zero-order valence-corrected chi connectivity index (χ0v) is 7.40. The first kappa shape index (κ1) is 9.91. The lowest BCUT2D eigenvalue weighted by atomic mass is 10.1. The number of nitrogens with one attached hydrogen (secondary N) is 1. The SMILES string of the molecule is CCC(C)C(C)S([NH])(=O)=O. The molecule has 0 fully saturated rings. The number of hydrogen-bond acceptors (Lipinski definition) is 2. The van der Waals surface area contributed by atoms with Crippen LogP contribution in [0.5, 0.6) is 0 Å². The standard InChI is InChI=1S/C6H14NO2S/c1-4-5(2)6(3)10(7,8)9/h5-7H,4H2,1-3H3. The Balaban J connectivity index is 4.23. The van der Waals surface area contributed by atoms with Crippen LogP contribution in [-0.2, 0) is 10.0 Å². The summed E-state index contributed by atoms with van der Waals surface area (Å²) in [4.78, 5) is 0. The normalized spacial score (nSPS) is 18.4. The smallest absolute Gasteiger partial charge is 0.211 e. The fraction of sp³-hybridized carbons (Fsp3) is 1.00. The lowest BCUT2D eigenvalue weighted by Crippen LogP contribution is -2.25. The molecule has 1 N–H and O–H groups in total. The van der Waals surface area contributed by atoms with E-state index in [1.54, 1.807) is 6.92 Å². The maximum Gasteiger partial charge on any atom is 0.228 e. The van der Waals surface area contributed by atoms with Gasteiger partial charge in [0.15, 0.2) is 0 Å². The molecule has 0 aliphatic rings. The fourth-order valence-electron chi connectivity index (χ4n) is 0.638. The van der Waals surface area contributed by atoms with E-state index in [2.05, 4.69) is 0 Å². The molecule has 0 saturated carbocycles. The van der Waals surface area contributed by atoms with Gasteiger partial charge in [0.2, 0.25) is 10.0 Å². The summed E-state index contributed by atoms with van der Waals surface area (Å²) in [5, 5.41) is 6.21. The van der Waals surface area contributed by atoms with E-state index in [-0.39, 0.29) is 5.92 Å². The molecule has 0 aromatic carbocycles. The Morgan fingerprint density at radius 1 is 1.40 bits per heavy atom. The molecule has 2 atom stereocenters. The first-order valence-electron chi connectivity index (χ1n) is 3.38. The lowest BCUT2D eigenvalue weighted by Gasteiger charge is -2.14. The Hall–Kier alpha value is -0.0900. The molecule has 0 rings (SSSR count).